The Morgan fingerprint density at radius 1 is 1.47 bits per heavy atom. The summed E-state index contributed by atoms with van der Waals surface area (Å²) in [5, 5.41) is 10.3. The highest BCUT2D eigenvalue weighted by Crippen LogP contribution is 2.37. The Morgan fingerprint density at radius 3 is 2.63 bits per heavy atom. The van der Waals surface area contributed by atoms with Crippen LogP contribution >= 0.6 is 22.9 Å². The van der Waals surface area contributed by atoms with Crippen LogP contribution in [-0.2, 0) is 4.79 Å². The van der Waals surface area contributed by atoms with Crippen molar-refractivity contribution in [3.8, 4) is 11.3 Å². The number of carboxylic acid groups (broad SMARTS) is 1. The van der Waals surface area contributed by atoms with Crippen LogP contribution in [0.2, 0.25) is 5.02 Å². The van der Waals surface area contributed by atoms with Crippen LogP contribution in [0.1, 0.15) is 24.1 Å². The molecule has 1 unspecified atom stereocenters. The number of rotatable bonds is 4. The van der Waals surface area contributed by atoms with Crippen LogP contribution in [-0.4, -0.2) is 16.1 Å². The van der Waals surface area contributed by atoms with E-state index in [0.717, 1.165) is 5.56 Å². The second kappa shape index (κ2) is 5.59. The molecule has 2 rings (SSSR count). The summed E-state index contributed by atoms with van der Waals surface area (Å²) in [4.78, 5) is 16.2. The van der Waals surface area contributed by atoms with Crippen molar-refractivity contribution in [2.75, 3.05) is 5.73 Å². The van der Waals surface area contributed by atoms with Gasteiger partial charge in [0.15, 0.2) is 5.13 Å². The first kappa shape index (κ1) is 13.8. The normalized spacial score (nSPS) is 12.3. The lowest BCUT2D eigenvalue weighted by molar-refractivity contribution is -0.138. The summed E-state index contributed by atoms with van der Waals surface area (Å²) in [6, 6.07) is 7.12. The molecular weight excluding hydrogens is 284 g/mol. The molecule has 1 atom stereocenters. The Hall–Kier alpha value is -1.59. The predicted octanol–water partition coefficient (Wildman–Crippen LogP) is 3.62. The summed E-state index contributed by atoms with van der Waals surface area (Å²) in [5.41, 5.74) is 7.19. The van der Waals surface area contributed by atoms with E-state index in [-0.39, 0.29) is 0 Å². The highest BCUT2D eigenvalue weighted by Gasteiger charge is 2.25. The molecule has 0 aliphatic rings. The van der Waals surface area contributed by atoms with Crippen molar-refractivity contribution in [3.63, 3.8) is 0 Å². The minimum Gasteiger partial charge on any atom is -0.481 e. The fraction of sp³-hybridized carbons (Fsp3) is 0.231. The molecule has 0 aliphatic heterocycles. The zero-order chi connectivity index (χ0) is 14.0. The third-order valence-corrected chi connectivity index (χ3v) is 4.06. The topological polar surface area (TPSA) is 76.2 Å². The zero-order valence-electron chi connectivity index (χ0n) is 10.3. The third kappa shape index (κ3) is 2.88. The molecule has 0 amide bonds. The van der Waals surface area contributed by atoms with Gasteiger partial charge in [-0.15, -0.1) is 11.3 Å². The largest absolute Gasteiger partial charge is 0.481 e. The molecule has 4 nitrogen and oxygen atoms in total. The highest BCUT2D eigenvalue weighted by atomic mass is 35.5. The van der Waals surface area contributed by atoms with E-state index in [1.165, 1.54) is 11.3 Å². The smallest absolute Gasteiger partial charge is 0.311 e. The number of aliphatic carboxylic acids is 1. The number of aromatic nitrogens is 1. The van der Waals surface area contributed by atoms with E-state index >= 15 is 0 Å². The third-order valence-electron chi connectivity index (χ3n) is 2.81. The van der Waals surface area contributed by atoms with Crippen molar-refractivity contribution in [3.05, 3.63) is 34.2 Å². The van der Waals surface area contributed by atoms with Gasteiger partial charge in [0.1, 0.15) is 0 Å². The first-order valence-corrected chi connectivity index (χ1v) is 6.97. The second-order valence-corrected chi connectivity index (χ2v) is 5.57. The number of carboxylic acids is 1. The highest BCUT2D eigenvalue weighted by molar-refractivity contribution is 7.16. The molecule has 19 heavy (non-hydrogen) atoms. The second-order valence-electron chi connectivity index (χ2n) is 4.07. The Morgan fingerprint density at radius 2 is 2.11 bits per heavy atom. The van der Waals surface area contributed by atoms with Gasteiger partial charge in [0.2, 0.25) is 0 Å². The molecule has 0 saturated heterocycles. The lowest BCUT2D eigenvalue weighted by atomic mass is 10.0. The quantitative estimate of drug-likeness (QED) is 0.903. The number of nitrogens with zero attached hydrogens (tertiary/aromatic N) is 1. The Bertz CT molecular complexity index is 595. The average Bonchev–Trinajstić information content (AvgIpc) is 2.72. The molecule has 1 aromatic carbocycles. The van der Waals surface area contributed by atoms with Gasteiger partial charge in [0.05, 0.1) is 11.6 Å². The van der Waals surface area contributed by atoms with Crippen LogP contribution in [0.3, 0.4) is 0 Å². The van der Waals surface area contributed by atoms with Crippen LogP contribution in [0, 0.1) is 0 Å². The molecule has 0 aliphatic carbocycles. The van der Waals surface area contributed by atoms with E-state index in [9.17, 15) is 9.90 Å². The fourth-order valence-electron chi connectivity index (χ4n) is 1.87. The Kier molecular flexibility index (Phi) is 4.07. The number of thiazole rings is 1. The number of carbonyl (C=O) groups is 1. The van der Waals surface area contributed by atoms with Gasteiger partial charge < -0.3 is 10.8 Å². The summed E-state index contributed by atoms with van der Waals surface area (Å²) in [7, 11) is 0. The number of nitrogen functional groups attached to an aromatic ring is 1. The average molecular weight is 297 g/mol. The molecule has 0 spiro atoms. The summed E-state index contributed by atoms with van der Waals surface area (Å²) in [6.07, 6.45) is 0.498. The number of nitrogens with two attached hydrogens (primary N) is 1. The van der Waals surface area contributed by atoms with Gasteiger partial charge in [-0.1, -0.05) is 30.7 Å². The SMILES string of the molecule is CCC(C(=O)O)c1sc(N)nc1-c1ccc(Cl)cc1. The summed E-state index contributed by atoms with van der Waals surface area (Å²) < 4.78 is 0. The van der Waals surface area contributed by atoms with E-state index in [0.29, 0.717) is 27.1 Å². The number of benzene rings is 1. The molecule has 1 aromatic heterocycles. The van der Waals surface area contributed by atoms with Crippen molar-refractivity contribution < 1.29 is 9.90 Å². The van der Waals surface area contributed by atoms with Gasteiger partial charge in [-0.2, -0.15) is 0 Å². The van der Waals surface area contributed by atoms with E-state index < -0.39 is 11.9 Å². The van der Waals surface area contributed by atoms with Crippen LogP contribution in [0.5, 0.6) is 0 Å². The van der Waals surface area contributed by atoms with Gasteiger partial charge in [0, 0.05) is 15.5 Å². The molecule has 1 heterocycles. The Labute approximate surface area is 119 Å². The zero-order valence-corrected chi connectivity index (χ0v) is 11.8. The minimum absolute atomic E-state index is 0.375. The van der Waals surface area contributed by atoms with E-state index in [2.05, 4.69) is 4.98 Å². The fourth-order valence-corrected chi connectivity index (χ4v) is 3.03. The Balaban J connectivity index is 2.51. The van der Waals surface area contributed by atoms with Gasteiger partial charge in [0.25, 0.3) is 0 Å². The van der Waals surface area contributed by atoms with Crippen molar-refractivity contribution in [1.29, 1.82) is 0 Å². The van der Waals surface area contributed by atoms with Crippen LogP contribution in [0.4, 0.5) is 5.13 Å². The van der Waals surface area contributed by atoms with Crippen LogP contribution in [0.15, 0.2) is 24.3 Å². The predicted molar refractivity (Wildman–Crippen MR) is 77.6 cm³/mol. The van der Waals surface area contributed by atoms with E-state index in [1.807, 2.05) is 19.1 Å². The van der Waals surface area contributed by atoms with Crippen molar-refractivity contribution in [2.24, 2.45) is 0 Å². The molecule has 0 fully saturated rings. The van der Waals surface area contributed by atoms with Gasteiger partial charge >= 0.3 is 5.97 Å². The lowest BCUT2D eigenvalue weighted by Gasteiger charge is -2.09. The molecule has 6 heteroatoms. The number of anilines is 1. The first-order valence-electron chi connectivity index (χ1n) is 5.77. The number of hydrogen-bond acceptors (Lipinski definition) is 4. The molecule has 0 saturated carbocycles. The number of hydrogen-bond donors (Lipinski definition) is 2. The maximum absolute atomic E-state index is 11.3. The van der Waals surface area contributed by atoms with Crippen molar-refractivity contribution in [2.45, 2.75) is 19.3 Å². The maximum atomic E-state index is 11.3. The van der Waals surface area contributed by atoms with Crippen LogP contribution < -0.4 is 5.73 Å². The minimum atomic E-state index is -0.860. The van der Waals surface area contributed by atoms with Crippen molar-refractivity contribution >= 4 is 34.0 Å². The lowest BCUT2D eigenvalue weighted by Crippen LogP contribution is -2.09. The molecule has 0 radical (unpaired) electrons. The number of halogens is 1. The summed E-state index contributed by atoms with van der Waals surface area (Å²) in [6.45, 7) is 1.83. The molecule has 2 aromatic rings. The van der Waals surface area contributed by atoms with E-state index in [1.54, 1.807) is 12.1 Å². The maximum Gasteiger partial charge on any atom is 0.311 e. The standard InChI is InChI=1S/C13H13ClN2O2S/c1-2-9(12(17)18)11-10(16-13(15)19-11)7-3-5-8(14)6-4-7/h3-6,9H,2H2,1H3,(H2,15,16)(H,17,18). The van der Waals surface area contributed by atoms with Gasteiger partial charge in [-0.25, -0.2) is 4.98 Å². The van der Waals surface area contributed by atoms with Crippen LogP contribution in [0.25, 0.3) is 11.3 Å². The molecule has 100 valence electrons. The van der Waals surface area contributed by atoms with Crippen molar-refractivity contribution in [1.82, 2.24) is 4.98 Å². The first-order chi connectivity index (χ1) is 9.02. The molecule has 0 bridgehead atoms. The molecule has 3 N–H and O–H groups in total. The monoisotopic (exact) mass is 296 g/mol. The summed E-state index contributed by atoms with van der Waals surface area (Å²) in [5.74, 6) is -1.44. The van der Waals surface area contributed by atoms with Gasteiger partial charge in [-0.3, -0.25) is 4.79 Å². The van der Waals surface area contributed by atoms with Gasteiger partial charge in [-0.05, 0) is 18.6 Å². The van der Waals surface area contributed by atoms with E-state index in [4.69, 9.17) is 17.3 Å². The molecular formula is C13H13ClN2O2S. The summed E-state index contributed by atoms with van der Waals surface area (Å²) >= 11 is 7.08.